The molecule has 1 saturated carbocycles. The summed E-state index contributed by atoms with van der Waals surface area (Å²) < 4.78 is 5.13. The monoisotopic (exact) mass is 358 g/mol. The van der Waals surface area contributed by atoms with Gasteiger partial charge in [0.15, 0.2) is 6.61 Å². The van der Waals surface area contributed by atoms with Gasteiger partial charge in [-0.15, -0.1) is 0 Å². The average Bonchev–Trinajstić information content (AvgIpc) is 3.29. The summed E-state index contributed by atoms with van der Waals surface area (Å²) in [6.45, 7) is 2.15. The lowest BCUT2D eigenvalue weighted by atomic mass is 10.1. The van der Waals surface area contributed by atoms with Crippen molar-refractivity contribution in [1.29, 1.82) is 0 Å². The summed E-state index contributed by atoms with van der Waals surface area (Å²) in [6, 6.07) is 7.82. The predicted octanol–water partition coefficient (Wildman–Crippen LogP) is 2.52. The molecular formula is C20H26N2O4. The highest BCUT2D eigenvalue weighted by molar-refractivity contribution is 5.93. The Labute approximate surface area is 153 Å². The number of aryl methyl sites for hydroxylation is 1. The third-order valence-corrected chi connectivity index (χ3v) is 5.25. The van der Waals surface area contributed by atoms with Crippen LogP contribution in [0.1, 0.15) is 44.6 Å². The van der Waals surface area contributed by atoms with E-state index in [4.69, 9.17) is 4.74 Å². The second kappa shape index (κ2) is 8.34. The van der Waals surface area contributed by atoms with Crippen LogP contribution in [-0.4, -0.2) is 41.9 Å². The molecular weight excluding hydrogens is 332 g/mol. The summed E-state index contributed by atoms with van der Waals surface area (Å²) in [6.07, 6.45) is 5.45. The number of hydrogen-bond acceptors (Lipinski definition) is 4. The Morgan fingerprint density at radius 3 is 2.54 bits per heavy atom. The average molecular weight is 358 g/mol. The summed E-state index contributed by atoms with van der Waals surface area (Å²) in [7, 11) is 0. The molecule has 1 atom stereocenters. The number of benzene rings is 1. The Morgan fingerprint density at radius 2 is 1.88 bits per heavy atom. The molecule has 0 spiro atoms. The molecule has 6 nitrogen and oxygen atoms in total. The van der Waals surface area contributed by atoms with Crippen molar-refractivity contribution in [3.8, 4) is 0 Å². The van der Waals surface area contributed by atoms with Gasteiger partial charge >= 0.3 is 5.97 Å². The van der Waals surface area contributed by atoms with Crippen LogP contribution >= 0.6 is 0 Å². The van der Waals surface area contributed by atoms with E-state index in [2.05, 4.69) is 12.2 Å². The number of nitrogens with zero attached hydrogens (tertiary/aromatic N) is 1. The molecule has 0 bridgehead atoms. The van der Waals surface area contributed by atoms with Crippen LogP contribution < -0.4 is 5.32 Å². The van der Waals surface area contributed by atoms with Gasteiger partial charge in [-0.05, 0) is 37.0 Å². The number of nitrogens with one attached hydrogen (secondary N) is 1. The van der Waals surface area contributed by atoms with E-state index in [0.29, 0.717) is 12.2 Å². The molecule has 26 heavy (non-hydrogen) atoms. The summed E-state index contributed by atoms with van der Waals surface area (Å²) in [5.41, 5.74) is 1.86. The zero-order valence-corrected chi connectivity index (χ0v) is 15.2. The molecule has 1 aliphatic heterocycles. The Bertz CT molecular complexity index is 665. The number of amides is 2. The minimum atomic E-state index is -0.463. The highest BCUT2D eigenvalue weighted by Gasteiger charge is 2.39. The van der Waals surface area contributed by atoms with Gasteiger partial charge in [-0.1, -0.05) is 31.9 Å². The first kappa shape index (κ1) is 18.4. The summed E-state index contributed by atoms with van der Waals surface area (Å²) in [5.74, 6) is -1.27. The van der Waals surface area contributed by atoms with E-state index in [-0.39, 0.29) is 30.9 Å². The second-order valence-corrected chi connectivity index (χ2v) is 7.09. The standard InChI is InChI=1S/C20H26N2O4/c1-2-14-7-9-16(10-8-14)21-18(23)13-26-20(25)15-11-19(24)22(12-15)17-5-3-4-6-17/h7-10,15,17H,2-6,11-13H2,1H3,(H,21,23)/t15-/m1/s1. The highest BCUT2D eigenvalue weighted by atomic mass is 16.5. The van der Waals surface area contributed by atoms with Gasteiger partial charge in [-0.3, -0.25) is 14.4 Å². The zero-order valence-electron chi connectivity index (χ0n) is 15.2. The lowest BCUT2D eigenvalue weighted by Crippen LogP contribution is -2.35. The fraction of sp³-hybridized carbons (Fsp3) is 0.550. The number of likely N-dealkylation sites (tertiary alicyclic amines) is 1. The van der Waals surface area contributed by atoms with Gasteiger partial charge in [0.2, 0.25) is 5.91 Å². The largest absolute Gasteiger partial charge is 0.455 e. The van der Waals surface area contributed by atoms with Crippen molar-refractivity contribution >= 4 is 23.5 Å². The minimum Gasteiger partial charge on any atom is -0.455 e. The van der Waals surface area contributed by atoms with Crippen molar-refractivity contribution in [2.24, 2.45) is 5.92 Å². The highest BCUT2D eigenvalue weighted by Crippen LogP contribution is 2.29. The van der Waals surface area contributed by atoms with Crippen LogP contribution in [0.2, 0.25) is 0 Å². The number of ether oxygens (including phenoxy) is 1. The van der Waals surface area contributed by atoms with Crippen molar-refractivity contribution < 1.29 is 19.1 Å². The number of carbonyl (C=O) groups is 3. The molecule has 1 aromatic carbocycles. The fourth-order valence-electron chi connectivity index (χ4n) is 3.73. The van der Waals surface area contributed by atoms with Crippen molar-refractivity contribution in [3.05, 3.63) is 29.8 Å². The molecule has 6 heteroatoms. The predicted molar refractivity (Wildman–Crippen MR) is 97.5 cm³/mol. The Kier molecular flexibility index (Phi) is 5.91. The Morgan fingerprint density at radius 1 is 1.19 bits per heavy atom. The molecule has 2 aliphatic rings. The molecule has 1 aliphatic carbocycles. The number of rotatable bonds is 6. The van der Waals surface area contributed by atoms with E-state index >= 15 is 0 Å². The normalized spacial score (nSPS) is 20.4. The lowest BCUT2D eigenvalue weighted by Gasteiger charge is -2.23. The van der Waals surface area contributed by atoms with Gasteiger partial charge in [0.1, 0.15) is 0 Å². The fourth-order valence-corrected chi connectivity index (χ4v) is 3.73. The summed E-state index contributed by atoms with van der Waals surface area (Å²) in [4.78, 5) is 38.1. The maximum Gasteiger partial charge on any atom is 0.311 e. The van der Waals surface area contributed by atoms with E-state index in [1.165, 1.54) is 5.56 Å². The van der Waals surface area contributed by atoms with Crippen molar-refractivity contribution in [2.45, 2.75) is 51.5 Å². The molecule has 0 radical (unpaired) electrons. The second-order valence-electron chi connectivity index (χ2n) is 7.09. The van der Waals surface area contributed by atoms with Gasteiger partial charge in [0, 0.05) is 24.7 Å². The lowest BCUT2D eigenvalue weighted by molar-refractivity contribution is -0.151. The topological polar surface area (TPSA) is 75.7 Å². The molecule has 1 aromatic rings. The molecule has 1 heterocycles. The maximum atomic E-state index is 12.2. The number of carbonyl (C=O) groups excluding carboxylic acids is 3. The van der Waals surface area contributed by atoms with E-state index < -0.39 is 11.9 Å². The Balaban J connectivity index is 1.44. The van der Waals surface area contributed by atoms with Crippen LogP contribution in [0.5, 0.6) is 0 Å². The molecule has 3 rings (SSSR count). The van der Waals surface area contributed by atoms with Crippen LogP contribution in [0.25, 0.3) is 0 Å². The molecule has 2 amide bonds. The number of anilines is 1. The van der Waals surface area contributed by atoms with Crippen LogP contribution in [0.15, 0.2) is 24.3 Å². The van der Waals surface area contributed by atoms with Crippen molar-refractivity contribution in [2.75, 3.05) is 18.5 Å². The third kappa shape index (κ3) is 4.42. The molecule has 0 aromatic heterocycles. The van der Waals surface area contributed by atoms with Crippen molar-refractivity contribution in [1.82, 2.24) is 4.90 Å². The van der Waals surface area contributed by atoms with Gasteiger partial charge in [-0.2, -0.15) is 0 Å². The van der Waals surface area contributed by atoms with Crippen molar-refractivity contribution in [3.63, 3.8) is 0 Å². The summed E-state index contributed by atoms with van der Waals surface area (Å²) >= 11 is 0. The number of hydrogen-bond donors (Lipinski definition) is 1. The quantitative estimate of drug-likeness (QED) is 0.793. The minimum absolute atomic E-state index is 0.0271. The first-order valence-electron chi connectivity index (χ1n) is 9.41. The van der Waals surface area contributed by atoms with Gasteiger partial charge in [0.05, 0.1) is 5.92 Å². The first-order chi connectivity index (χ1) is 12.6. The van der Waals surface area contributed by atoms with E-state index in [9.17, 15) is 14.4 Å². The first-order valence-corrected chi connectivity index (χ1v) is 9.41. The smallest absolute Gasteiger partial charge is 0.311 e. The molecule has 1 saturated heterocycles. The van der Waals surface area contributed by atoms with E-state index in [1.54, 1.807) is 0 Å². The Hall–Kier alpha value is -2.37. The molecule has 140 valence electrons. The van der Waals surface area contributed by atoms with Crippen LogP contribution in [0.4, 0.5) is 5.69 Å². The third-order valence-electron chi connectivity index (χ3n) is 5.25. The maximum absolute atomic E-state index is 12.2. The van der Waals surface area contributed by atoms with Gasteiger partial charge in [-0.25, -0.2) is 0 Å². The van der Waals surface area contributed by atoms with Crippen LogP contribution in [0, 0.1) is 5.92 Å². The van der Waals surface area contributed by atoms with Crippen LogP contribution in [-0.2, 0) is 25.5 Å². The van der Waals surface area contributed by atoms with Crippen LogP contribution in [0.3, 0.4) is 0 Å². The molecule has 2 fully saturated rings. The van der Waals surface area contributed by atoms with Gasteiger partial charge < -0.3 is 15.0 Å². The molecule has 0 unspecified atom stereocenters. The molecule has 1 N–H and O–H groups in total. The van der Waals surface area contributed by atoms with Gasteiger partial charge in [0.25, 0.3) is 5.91 Å². The SMILES string of the molecule is CCc1ccc(NC(=O)COC(=O)[C@@H]2CC(=O)N(C3CCCC3)C2)cc1. The van der Waals surface area contributed by atoms with E-state index in [0.717, 1.165) is 32.1 Å². The summed E-state index contributed by atoms with van der Waals surface area (Å²) in [5, 5.41) is 2.71. The van der Waals surface area contributed by atoms with E-state index in [1.807, 2.05) is 29.2 Å². The number of esters is 1. The zero-order chi connectivity index (χ0) is 18.5.